The smallest absolute Gasteiger partial charge is 0.325 e. The van der Waals surface area contributed by atoms with Crippen LogP contribution in [0.2, 0.25) is 0 Å². The molecular weight excluding hydrogens is 298 g/mol. The molecule has 24 heavy (non-hydrogen) atoms. The van der Waals surface area contributed by atoms with Crippen LogP contribution in [0.4, 0.5) is 0 Å². The Labute approximate surface area is 141 Å². The summed E-state index contributed by atoms with van der Waals surface area (Å²) < 4.78 is 5.23. The summed E-state index contributed by atoms with van der Waals surface area (Å²) in [6.07, 6.45) is 0. The van der Waals surface area contributed by atoms with Gasteiger partial charge in [0.15, 0.2) is 0 Å². The maximum absolute atomic E-state index is 11.8. The standard InChI is InChI=1S/C21H19NO2/c23-21(24-20-9-5-2-6-10-20)16-22-15-17-11-13-19(14-12-17)18-7-3-1-4-8-18/h1-14,22H,15-16H2. The average molecular weight is 317 g/mol. The van der Waals surface area contributed by atoms with Gasteiger partial charge in [-0.15, -0.1) is 0 Å². The highest BCUT2D eigenvalue weighted by atomic mass is 16.5. The summed E-state index contributed by atoms with van der Waals surface area (Å²) >= 11 is 0. The van der Waals surface area contributed by atoms with E-state index in [2.05, 4.69) is 41.7 Å². The predicted octanol–water partition coefficient (Wildman–Crippen LogP) is 4.05. The molecule has 0 heterocycles. The van der Waals surface area contributed by atoms with Gasteiger partial charge in [0.05, 0.1) is 6.54 Å². The number of para-hydroxylation sites is 1. The molecule has 3 rings (SSSR count). The van der Waals surface area contributed by atoms with E-state index in [0.29, 0.717) is 12.3 Å². The van der Waals surface area contributed by atoms with Gasteiger partial charge in [-0.2, -0.15) is 0 Å². The fourth-order valence-electron chi connectivity index (χ4n) is 2.41. The highest BCUT2D eigenvalue weighted by Gasteiger charge is 2.04. The molecule has 3 aromatic rings. The molecule has 3 aromatic carbocycles. The Morgan fingerprint density at radius 1 is 0.750 bits per heavy atom. The van der Waals surface area contributed by atoms with Crippen molar-refractivity contribution in [3.8, 4) is 16.9 Å². The zero-order valence-electron chi connectivity index (χ0n) is 13.3. The number of carbonyl (C=O) groups excluding carboxylic acids is 1. The van der Waals surface area contributed by atoms with Crippen molar-refractivity contribution in [2.45, 2.75) is 6.54 Å². The molecule has 0 radical (unpaired) electrons. The van der Waals surface area contributed by atoms with Gasteiger partial charge in [-0.3, -0.25) is 4.79 Å². The number of rotatable bonds is 6. The first kappa shape index (κ1) is 16.0. The molecule has 0 unspecified atom stereocenters. The SMILES string of the molecule is O=C(CNCc1ccc(-c2ccccc2)cc1)Oc1ccccc1. The van der Waals surface area contributed by atoms with Gasteiger partial charge in [0.2, 0.25) is 0 Å². The van der Waals surface area contributed by atoms with E-state index >= 15 is 0 Å². The van der Waals surface area contributed by atoms with E-state index in [1.54, 1.807) is 12.1 Å². The molecular formula is C21H19NO2. The predicted molar refractivity (Wildman–Crippen MR) is 95.7 cm³/mol. The zero-order chi connectivity index (χ0) is 16.6. The van der Waals surface area contributed by atoms with Crippen LogP contribution in [-0.2, 0) is 11.3 Å². The lowest BCUT2D eigenvalue weighted by Crippen LogP contribution is -2.26. The monoisotopic (exact) mass is 317 g/mol. The van der Waals surface area contributed by atoms with Crippen LogP contribution in [-0.4, -0.2) is 12.5 Å². The fraction of sp³-hybridized carbons (Fsp3) is 0.0952. The third-order valence-electron chi connectivity index (χ3n) is 3.63. The molecule has 0 atom stereocenters. The van der Waals surface area contributed by atoms with Gasteiger partial charge >= 0.3 is 5.97 Å². The van der Waals surface area contributed by atoms with E-state index in [1.165, 1.54) is 11.1 Å². The number of carbonyl (C=O) groups is 1. The van der Waals surface area contributed by atoms with E-state index < -0.39 is 0 Å². The normalized spacial score (nSPS) is 10.3. The Morgan fingerprint density at radius 3 is 2.00 bits per heavy atom. The molecule has 0 amide bonds. The van der Waals surface area contributed by atoms with Crippen LogP contribution in [0, 0.1) is 0 Å². The van der Waals surface area contributed by atoms with Crippen molar-refractivity contribution in [3.63, 3.8) is 0 Å². The number of esters is 1. The molecule has 0 bridgehead atoms. The van der Waals surface area contributed by atoms with Crippen LogP contribution in [0.1, 0.15) is 5.56 Å². The molecule has 120 valence electrons. The Bertz CT molecular complexity index is 768. The second-order valence-electron chi connectivity index (χ2n) is 5.45. The van der Waals surface area contributed by atoms with Crippen molar-refractivity contribution in [2.75, 3.05) is 6.54 Å². The van der Waals surface area contributed by atoms with Crippen LogP contribution < -0.4 is 10.1 Å². The highest BCUT2D eigenvalue weighted by Crippen LogP contribution is 2.19. The van der Waals surface area contributed by atoms with E-state index in [1.807, 2.05) is 36.4 Å². The summed E-state index contributed by atoms with van der Waals surface area (Å²) in [6.45, 7) is 0.800. The van der Waals surface area contributed by atoms with Gasteiger partial charge in [-0.25, -0.2) is 0 Å². The van der Waals surface area contributed by atoms with Crippen molar-refractivity contribution in [2.24, 2.45) is 0 Å². The summed E-state index contributed by atoms with van der Waals surface area (Å²) in [4.78, 5) is 11.8. The molecule has 0 saturated heterocycles. The van der Waals surface area contributed by atoms with Gasteiger partial charge in [0.25, 0.3) is 0 Å². The van der Waals surface area contributed by atoms with Gasteiger partial charge < -0.3 is 10.1 Å². The summed E-state index contributed by atoms with van der Waals surface area (Å²) in [5.74, 6) is 0.276. The molecule has 1 N–H and O–H groups in total. The number of hydrogen-bond donors (Lipinski definition) is 1. The lowest BCUT2D eigenvalue weighted by molar-refractivity contribution is -0.133. The minimum atomic E-state index is -0.290. The highest BCUT2D eigenvalue weighted by molar-refractivity contribution is 5.74. The summed E-state index contributed by atoms with van der Waals surface area (Å²) in [5, 5.41) is 3.11. The molecule has 3 nitrogen and oxygen atoms in total. The van der Waals surface area contributed by atoms with Crippen LogP contribution in [0.5, 0.6) is 5.75 Å². The van der Waals surface area contributed by atoms with Crippen LogP contribution in [0.3, 0.4) is 0 Å². The van der Waals surface area contributed by atoms with Gasteiger partial charge in [0, 0.05) is 6.54 Å². The van der Waals surface area contributed by atoms with Crippen molar-refractivity contribution in [1.82, 2.24) is 5.32 Å². The van der Waals surface area contributed by atoms with E-state index in [-0.39, 0.29) is 12.5 Å². The molecule has 3 heteroatoms. The van der Waals surface area contributed by atoms with Gasteiger partial charge in [-0.1, -0.05) is 72.8 Å². The number of benzene rings is 3. The second kappa shape index (κ2) is 8.09. The van der Waals surface area contributed by atoms with E-state index in [0.717, 1.165) is 5.56 Å². The van der Waals surface area contributed by atoms with E-state index in [4.69, 9.17) is 4.74 Å². The third kappa shape index (κ3) is 4.54. The Morgan fingerprint density at radius 2 is 1.33 bits per heavy atom. The minimum absolute atomic E-state index is 0.176. The van der Waals surface area contributed by atoms with Gasteiger partial charge in [0.1, 0.15) is 5.75 Å². The summed E-state index contributed by atoms with van der Waals surface area (Å²) in [6, 6.07) is 27.7. The van der Waals surface area contributed by atoms with Crippen LogP contribution in [0.25, 0.3) is 11.1 Å². The first-order chi connectivity index (χ1) is 11.8. The molecule has 0 saturated carbocycles. The Balaban J connectivity index is 1.48. The Hall–Kier alpha value is -2.91. The van der Waals surface area contributed by atoms with Crippen molar-refractivity contribution in [3.05, 3.63) is 90.5 Å². The van der Waals surface area contributed by atoms with Crippen LogP contribution >= 0.6 is 0 Å². The second-order valence-corrected chi connectivity index (χ2v) is 5.45. The number of hydrogen-bond acceptors (Lipinski definition) is 3. The number of nitrogens with one attached hydrogen (secondary N) is 1. The molecule has 0 spiro atoms. The Kier molecular flexibility index (Phi) is 5.38. The van der Waals surface area contributed by atoms with Crippen molar-refractivity contribution >= 4 is 5.97 Å². The van der Waals surface area contributed by atoms with Gasteiger partial charge in [-0.05, 0) is 28.8 Å². The topological polar surface area (TPSA) is 38.3 Å². The lowest BCUT2D eigenvalue weighted by Gasteiger charge is -2.07. The van der Waals surface area contributed by atoms with Crippen molar-refractivity contribution in [1.29, 1.82) is 0 Å². The van der Waals surface area contributed by atoms with E-state index in [9.17, 15) is 4.79 Å². The maximum Gasteiger partial charge on any atom is 0.325 e. The molecule has 0 fully saturated rings. The third-order valence-corrected chi connectivity index (χ3v) is 3.63. The minimum Gasteiger partial charge on any atom is -0.426 e. The molecule has 0 aliphatic heterocycles. The number of ether oxygens (including phenoxy) is 1. The quantitative estimate of drug-likeness (QED) is 0.550. The first-order valence-corrected chi connectivity index (χ1v) is 7.92. The fourth-order valence-corrected chi connectivity index (χ4v) is 2.41. The average Bonchev–Trinajstić information content (AvgIpc) is 2.64. The first-order valence-electron chi connectivity index (χ1n) is 7.92. The summed E-state index contributed by atoms with van der Waals surface area (Å²) in [7, 11) is 0. The maximum atomic E-state index is 11.8. The van der Waals surface area contributed by atoms with Crippen LogP contribution in [0.15, 0.2) is 84.9 Å². The zero-order valence-corrected chi connectivity index (χ0v) is 13.3. The molecule has 0 aliphatic carbocycles. The molecule has 0 aliphatic rings. The largest absolute Gasteiger partial charge is 0.426 e. The summed E-state index contributed by atoms with van der Waals surface area (Å²) in [5.41, 5.74) is 3.51. The lowest BCUT2D eigenvalue weighted by atomic mass is 10.0. The van der Waals surface area contributed by atoms with Crippen molar-refractivity contribution < 1.29 is 9.53 Å². The molecule has 0 aromatic heterocycles.